The molecule has 0 aromatic heterocycles. The molecule has 1 aliphatic heterocycles. The Balaban J connectivity index is 1.59. The van der Waals surface area contributed by atoms with Crippen LogP contribution < -0.4 is 0 Å². The van der Waals surface area contributed by atoms with Crippen molar-refractivity contribution < 1.29 is 9.53 Å². The van der Waals surface area contributed by atoms with Gasteiger partial charge in [-0.05, 0) is 30.4 Å². The van der Waals surface area contributed by atoms with E-state index < -0.39 is 0 Å². The second kappa shape index (κ2) is 7.25. The van der Waals surface area contributed by atoms with Crippen molar-refractivity contribution >= 4 is 5.91 Å². The topological polar surface area (TPSA) is 32.8 Å². The van der Waals surface area contributed by atoms with Gasteiger partial charge in [0, 0.05) is 33.2 Å². The summed E-state index contributed by atoms with van der Waals surface area (Å²) >= 11 is 0. The van der Waals surface area contributed by atoms with E-state index in [4.69, 9.17) is 4.74 Å². The van der Waals surface area contributed by atoms with Crippen molar-refractivity contribution in [2.24, 2.45) is 0 Å². The zero-order valence-corrected chi connectivity index (χ0v) is 13.5. The van der Waals surface area contributed by atoms with E-state index in [9.17, 15) is 4.79 Å². The first-order chi connectivity index (χ1) is 10.8. The molecule has 0 bridgehead atoms. The molecule has 0 saturated carbocycles. The summed E-state index contributed by atoms with van der Waals surface area (Å²) in [5, 5.41) is 0. The SMILES string of the molecule is CN(CCN1CCOCC1)C(=O)[C@H]1CCCc2ccccc21. The van der Waals surface area contributed by atoms with Crippen LogP contribution in [0.1, 0.15) is 29.9 Å². The number of hydrogen-bond acceptors (Lipinski definition) is 3. The van der Waals surface area contributed by atoms with Crippen molar-refractivity contribution in [1.29, 1.82) is 0 Å². The minimum atomic E-state index is 0.0552. The molecule has 0 radical (unpaired) electrons. The van der Waals surface area contributed by atoms with Crippen LogP contribution in [0.2, 0.25) is 0 Å². The van der Waals surface area contributed by atoms with Gasteiger partial charge in [0.15, 0.2) is 0 Å². The van der Waals surface area contributed by atoms with Crippen LogP contribution in [0, 0.1) is 0 Å². The van der Waals surface area contributed by atoms with Crippen molar-refractivity contribution in [3.8, 4) is 0 Å². The fourth-order valence-electron chi connectivity index (χ4n) is 3.50. The number of rotatable bonds is 4. The first-order valence-corrected chi connectivity index (χ1v) is 8.38. The highest BCUT2D eigenvalue weighted by Gasteiger charge is 2.28. The lowest BCUT2D eigenvalue weighted by Crippen LogP contribution is -2.43. The molecule has 1 saturated heterocycles. The van der Waals surface area contributed by atoms with E-state index in [0.717, 1.165) is 58.7 Å². The van der Waals surface area contributed by atoms with Crippen molar-refractivity contribution in [1.82, 2.24) is 9.80 Å². The van der Waals surface area contributed by atoms with Gasteiger partial charge in [-0.2, -0.15) is 0 Å². The van der Waals surface area contributed by atoms with Gasteiger partial charge in [-0.15, -0.1) is 0 Å². The summed E-state index contributed by atoms with van der Waals surface area (Å²) in [6.07, 6.45) is 3.21. The van der Waals surface area contributed by atoms with E-state index in [-0.39, 0.29) is 11.8 Å². The van der Waals surface area contributed by atoms with Crippen LogP contribution in [0.5, 0.6) is 0 Å². The molecular weight excluding hydrogens is 276 g/mol. The predicted molar refractivity (Wildman–Crippen MR) is 87.0 cm³/mol. The molecule has 120 valence electrons. The van der Waals surface area contributed by atoms with E-state index in [2.05, 4.69) is 29.2 Å². The predicted octanol–water partition coefficient (Wildman–Crippen LogP) is 1.90. The summed E-state index contributed by atoms with van der Waals surface area (Å²) in [6, 6.07) is 8.43. The number of amides is 1. The smallest absolute Gasteiger partial charge is 0.229 e. The Morgan fingerprint density at radius 1 is 1.32 bits per heavy atom. The van der Waals surface area contributed by atoms with Crippen molar-refractivity contribution in [3.05, 3.63) is 35.4 Å². The van der Waals surface area contributed by atoms with Gasteiger partial charge in [0.2, 0.25) is 5.91 Å². The number of nitrogens with zero attached hydrogens (tertiary/aromatic N) is 2. The first-order valence-electron chi connectivity index (χ1n) is 8.38. The van der Waals surface area contributed by atoms with Gasteiger partial charge < -0.3 is 9.64 Å². The van der Waals surface area contributed by atoms with Gasteiger partial charge in [0.25, 0.3) is 0 Å². The fourth-order valence-corrected chi connectivity index (χ4v) is 3.50. The van der Waals surface area contributed by atoms with E-state index in [0.29, 0.717) is 0 Å². The van der Waals surface area contributed by atoms with Gasteiger partial charge in [0.1, 0.15) is 0 Å². The van der Waals surface area contributed by atoms with Crippen molar-refractivity contribution in [2.45, 2.75) is 25.2 Å². The lowest BCUT2D eigenvalue weighted by Gasteiger charge is -2.31. The molecule has 1 fully saturated rings. The molecule has 1 aliphatic carbocycles. The quantitative estimate of drug-likeness (QED) is 0.851. The maximum atomic E-state index is 12.8. The normalized spacial score (nSPS) is 22.1. The summed E-state index contributed by atoms with van der Waals surface area (Å²) in [7, 11) is 1.94. The number of aryl methyl sites for hydroxylation is 1. The second-order valence-electron chi connectivity index (χ2n) is 6.36. The van der Waals surface area contributed by atoms with E-state index in [1.807, 2.05) is 11.9 Å². The summed E-state index contributed by atoms with van der Waals surface area (Å²) in [5.74, 6) is 0.333. The summed E-state index contributed by atoms with van der Waals surface area (Å²) < 4.78 is 5.37. The van der Waals surface area contributed by atoms with Crippen LogP contribution in [-0.4, -0.2) is 62.1 Å². The number of hydrogen-bond donors (Lipinski definition) is 0. The van der Waals surface area contributed by atoms with Crippen molar-refractivity contribution in [3.63, 3.8) is 0 Å². The molecule has 22 heavy (non-hydrogen) atoms. The Hall–Kier alpha value is -1.39. The monoisotopic (exact) mass is 302 g/mol. The zero-order chi connectivity index (χ0) is 15.4. The average Bonchev–Trinajstić information content (AvgIpc) is 2.59. The third kappa shape index (κ3) is 3.50. The third-order valence-corrected chi connectivity index (χ3v) is 4.90. The summed E-state index contributed by atoms with van der Waals surface area (Å²) in [5.41, 5.74) is 2.60. The molecular formula is C18H26N2O2. The molecule has 4 nitrogen and oxygen atoms in total. The first kappa shape index (κ1) is 15.5. The summed E-state index contributed by atoms with van der Waals surface area (Å²) in [4.78, 5) is 17.1. The van der Waals surface area contributed by atoms with Gasteiger partial charge in [-0.25, -0.2) is 0 Å². The number of benzene rings is 1. The van der Waals surface area contributed by atoms with Crippen LogP contribution in [0.25, 0.3) is 0 Å². The Labute approximate surface area is 133 Å². The highest BCUT2D eigenvalue weighted by atomic mass is 16.5. The molecule has 1 atom stereocenters. The number of likely N-dealkylation sites (N-methyl/N-ethyl adjacent to an activating group) is 1. The largest absolute Gasteiger partial charge is 0.379 e. The van der Waals surface area contributed by atoms with Gasteiger partial charge >= 0.3 is 0 Å². The molecule has 0 unspecified atom stereocenters. The third-order valence-electron chi connectivity index (χ3n) is 4.90. The molecule has 4 heteroatoms. The van der Waals surface area contributed by atoms with Gasteiger partial charge in [-0.3, -0.25) is 9.69 Å². The van der Waals surface area contributed by atoms with Crippen LogP contribution >= 0.6 is 0 Å². The van der Waals surface area contributed by atoms with Crippen LogP contribution in [0.15, 0.2) is 24.3 Å². The number of ether oxygens (including phenoxy) is 1. The van der Waals surface area contributed by atoms with E-state index >= 15 is 0 Å². The fraction of sp³-hybridized carbons (Fsp3) is 0.611. The number of morpholine rings is 1. The average molecular weight is 302 g/mol. The second-order valence-corrected chi connectivity index (χ2v) is 6.36. The molecule has 1 amide bonds. The lowest BCUT2D eigenvalue weighted by atomic mass is 9.82. The van der Waals surface area contributed by atoms with Crippen molar-refractivity contribution in [2.75, 3.05) is 46.4 Å². The Morgan fingerprint density at radius 3 is 2.91 bits per heavy atom. The molecule has 1 aromatic carbocycles. The molecule has 0 spiro atoms. The molecule has 1 heterocycles. The number of carbonyl (C=O) groups excluding carboxylic acids is 1. The van der Waals surface area contributed by atoms with E-state index in [1.54, 1.807) is 0 Å². The minimum Gasteiger partial charge on any atom is -0.379 e. The number of fused-ring (bicyclic) bond motifs is 1. The maximum absolute atomic E-state index is 12.8. The standard InChI is InChI=1S/C18H26N2O2/c1-19(9-10-20-11-13-22-14-12-20)18(21)17-8-4-6-15-5-2-3-7-16(15)17/h2-3,5,7,17H,4,6,8-14H2,1H3/t17-/m0/s1. The molecule has 3 rings (SSSR count). The van der Waals surface area contributed by atoms with Gasteiger partial charge in [0.05, 0.1) is 19.1 Å². The summed E-state index contributed by atoms with van der Waals surface area (Å²) in [6.45, 7) is 5.33. The Morgan fingerprint density at radius 2 is 2.09 bits per heavy atom. The van der Waals surface area contributed by atoms with E-state index in [1.165, 1.54) is 11.1 Å². The number of carbonyl (C=O) groups is 1. The molecule has 0 N–H and O–H groups in total. The van der Waals surface area contributed by atoms with Crippen LogP contribution in [0.4, 0.5) is 0 Å². The Bertz CT molecular complexity index is 512. The van der Waals surface area contributed by atoms with Crippen LogP contribution in [-0.2, 0) is 16.0 Å². The van der Waals surface area contributed by atoms with Crippen LogP contribution in [0.3, 0.4) is 0 Å². The molecule has 2 aliphatic rings. The Kier molecular flexibility index (Phi) is 5.11. The van der Waals surface area contributed by atoms with Gasteiger partial charge in [-0.1, -0.05) is 24.3 Å². The maximum Gasteiger partial charge on any atom is 0.229 e. The highest BCUT2D eigenvalue weighted by Crippen LogP contribution is 2.32. The lowest BCUT2D eigenvalue weighted by molar-refractivity contribution is -0.132. The minimum absolute atomic E-state index is 0.0552. The zero-order valence-electron chi connectivity index (χ0n) is 13.5. The highest BCUT2D eigenvalue weighted by molar-refractivity contribution is 5.84. The molecule has 1 aromatic rings.